The lowest BCUT2D eigenvalue weighted by molar-refractivity contribution is -0.121. The number of rotatable bonds is 6. The number of benzene rings is 1. The summed E-state index contributed by atoms with van der Waals surface area (Å²) in [4.78, 5) is 25.3. The van der Waals surface area contributed by atoms with Crippen molar-refractivity contribution in [1.29, 1.82) is 5.26 Å². The van der Waals surface area contributed by atoms with Gasteiger partial charge in [-0.15, -0.1) is 0 Å². The minimum absolute atomic E-state index is 0.0430. The highest BCUT2D eigenvalue weighted by Crippen LogP contribution is 2.25. The van der Waals surface area contributed by atoms with Crippen molar-refractivity contribution in [2.75, 3.05) is 18.1 Å². The van der Waals surface area contributed by atoms with Gasteiger partial charge in [-0.05, 0) is 30.7 Å². The Kier molecular flexibility index (Phi) is 4.90. The van der Waals surface area contributed by atoms with Crippen molar-refractivity contribution in [3.8, 4) is 11.8 Å². The second-order valence-electron chi connectivity index (χ2n) is 4.71. The van der Waals surface area contributed by atoms with Gasteiger partial charge in [-0.2, -0.15) is 5.26 Å². The maximum Gasteiger partial charge on any atom is 0.251 e. The molecule has 0 spiro atoms. The summed E-state index contributed by atoms with van der Waals surface area (Å²) in [5.74, 6) is 0.119. The topological polar surface area (TPSA) is 82.4 Å². The zero-order chi connectivity index (χ0) is 15.2. The first-order valence-corrected chi connectivity index (χ1v) is 6.87. The molecule has 0 aromatic heterocycles. The Morgan fingerprint density at radius 3 is 2.71 bits per heavy atom. The van der Waals surface area contributed by atoms with Crippen LogP contribution in [-0.4, -0.2) is 31.0 Å². The Morgan fingerprint density at radius 1 is 1.38 bits per heavy atom. The standard InChI is InChI=1S/C15H17N3O3/c1-2-9-21-12-5-3-11(4-6-12)18-14(19)10-13(15(18)20)17-8-7-16/h3-6,13,17H,2,8-10H2,1H3/t13-/m0/s1. The van der Waals surface area contributed by atoms with Gasteiger partial charge in [0, 0.05) is 0 Å². The predicted molar refractivity (Wildman–Crippen MR) is 76.7 cm³/mol. The average Bonchev–Trinajstić information content (AvgIpc) is 2.78. The van der Waals surface area contributed by atoms with Crippen LogP contribution >= 0.6 is 0 Å². The molecule has 0 unspecified atom stereocenters. The van der Waals surface area contributed by atoms with Crippen LogP contribution in [0, 0.1) is 11.3 Å². The lowest BCUT2D eigenvalue weighted by Crippen LogP contribution is -2.38. The molecule has 6 nitrogen and oxygen atoms in total. The first-order valence-electron chi connectivity index (χ1n) is 6.87. The van der Waals surface area contributed by atoms with Gasteiger partial charge in [-0.3, -0.25) is 14.9 Å². The Morgan fingerprint density at radius 2 is 2.10 bits per heavy atom. The number of nitrogens with zero attached hydrogens (tertiary/aromatic N) is 2. The Bertz CT molecular complexity index is 563. The lowest BCUT2D eigenvalue weighted by atomic mass is 10.2. The molecule has 0 radical (unpaired) electrons. The van der Waals surface area contributed by atoms with E-state index in [4.69, 9.17) is 10.00 Å². The minimum atomic E-state index is -0.617. The number of anilines is 1. The molecular formula is C15H17N3O3. The van der Waals surface area contributed by atoms with Crippen molar-refractivity contribution in [3.63, 3.8) is 0 Å². The molecule has 1 aliphatic rings. The third kappa shape index (κ3) is 3.38. The largest absolute Gasteiger partial charge is 0.494 e. The number of nitrogens with one attached hydrogen (secondary N) is 1. The van der Waals surface area contributed by atoms with Crippen LogP contribution < -0.4 is 15.0 Å². The lowest BCUT2D eigenvalue weighted by Gasteiger charge is -2.15. The fourth-order valence-corrected chi connectivity index (χ4v) is 2.14. The van der Waals surface area contributed by atoms with Gasteiger partial charge in [-0.1, -0.05) is 6.92 Å². The highest BCUT2D eigenvalue weighted by atomic mass is 16.5. The molecular weight excluding hydrogens is 270 g/mol. The quantitative estimate of drug-likeness (QED) is 0.628. The van der Waals surface area contributed by atoms with Crippen LogP contribution in [0.1, 0.15) is 19.8 Å². The number of hydrogen-bond acceptors (Lipinski definition) is 5. The van der Waals surface area contributed by atoms with Gasteiger partial charge in [0.25, 0.3) is 5.91 Å². The van der Waals surface area contributed by atoms with E-state index < -0.39 is 6.04 Å². The summed E-state index contributed by atoms with van der Waals surface area (Å²) in [6.07, 6.45) is 0.992. The van der Waals surface area contributed by atoms with Crippen molar-refractivity contribution in [3.05, 3.63) is 24.3 Å². The van der Waals surface area contributed by atoms with Gasteiger partial charge in [0.05, 0.1) is 37.4 Å². The zero-order valence-corrected chi connectivity index (χ0v) is 11.8. The average molecular weight is 287 g/mol. The molecule has 1 aromatic carbocycles. The SMILES string of the molecule is CCCOc1ccc(N2C(=O)C[C@H](NCC#N)C2=O)cc1. The molecule has 1 fully saturated rings. The van der Waals surface area contributed by atoms with Crippen LogP contribution in [-0.2, 0) is 9.59 Å². The van der Waals surface area contributed by atoms with Crippen LogP contribution in [0.2, 0.25) is 0 Å². The van der Waals surface area contributed by atoms with E-state index in [2.05, 4.69) is 5.32 Å². The molecule has 0 bridgehead atoms. The monoisotopic (exact) mass is 287 g/mol. The summed E-state index contributed by atoms with van der Waals surface area (Å²) in [6, 6.07) is 8.14. The summed E-state index contributed by atoms with van der Waals surface area (Å²) >= 11 is 0. The number of carbonyl (C=O) groups excluding carboxylic acids is 2. The van der Waals surface area contributed by atoms with Crippen LogP contribution in [0.3, 0.4) is 0 Å². The number of carbonyl (C=O) groups is 2. The van der Waals surface area contributed by atoms with Crippen LogP contribution in [0.5, 0.6) is 5.75 Å². The molecule has 2 amide bonds. The fourth-order valence-electron chi connectivity index (χ4n) is 2.14. The van der Waals surface area contributed by atoms with Gasteiger partial charge < -0.3 is 4.74 Å². The Hall–Kier alpha value is -2.39. The molecule has 1 N–H and O–H groups in total. The number of amides is 2. The molecule has 21 heavy (non-hydrogen) atoms. The van der Waals surface area contributed by atoms with Crippen molar-refractivity contribution < 1.29 is 14.3 Å². The number of ether oxygens (including phenoxy) is 1. The van der Waals surface area contributed by atoms with E-state index in [1.165, 1.54) is 0 Å². The molecule has 1 aliphatic heterocycles. The molecule has 1 atom stereocenters. The van der Waals surface area contributed by atoms with Gasteiger partial charge >= 0.3 is 0 Å². The minimum Gasteiger partial charge on any atom is -0.494 e. The van der Waals surface area contributed by atoms with Crippen molar-refractivity contribution in [1.82, 2.24) is 5.32 Å². The molecule has 0 aliphatic carbocycles. The van der Waals surface area contributed by atoms with E-state index in [1.807, 2.05) is 13.0 Å². The third-order valence-electron chi connectivity index (χ3n) is 3.14. The van der Waals surface area contributed by atoms with Crippen LogP contribution in [0.15, 0.2) is 24.3 Å². The highest BCUT2D eigenvalue weighted by Gasteiger charge is 2.39. The van der Waals surface area contributed by atoms with Crippen molar-refractivity contribution in [2.45, 2.75) is 25.8 Å². The van der Waals surface area contributed by atoms with Crippen LogP contribution in [0.4, 0.5) is 5.69 Å². The number of nitriles is 1. The maximum absolute atomic E-state index is 12.2. The van der Waals surface area contributed by atoms with Gasteiger partial charge in [0.1, 0.15) is 5.75 Å². The normalized spacial score (nSPS) is 17.9. The summed E-state index contributed by atoms with van der Waals surface area (Å²) < 4.78 is 5.46. The number of imide groups is 1. The fraction of sp³-hybridized carbons (Fsp3) is 0.400. The van der Waals surface area contributed by atoms with E-state index >= 15 is 0 Å². The smallest absolute Gasteiger partial charge is 0.251 e. The maximum atomic E-state index is 12.2. The van der Waals surface area contributed by atoms with Crippen molar-refractivity contribution >= 4 is 17.5 Å². The molecule has 0 saturated carbocycles. The molecule has 1 aromatic rings. The molecule has 2 rings (SSSR count). The molecule has 6 heteroatoms. The van der Waals surface area contributed by atoms with E-state index in [-0.39, 0.29) is 24.8 Å². The second-order valence-corrected chi connectivity index (χ2v) is 4.71. The second kappa shape index (κ2) is 6.86. The summed E-state index contributed by atoms with van der Waals surface area (Å²) in [5.41, 5.74) is 0.523. The number of hydrogen-bond donors (Lipinski definition) is 1. The Balaban J connectivity index is 2.09. The Labute approximate surface area is 123 Å². The summed E-state index contributed by atoms with van der Waals surface area (Å²) in [6.45, 7) is 2.69. The first-order chi connectivity index (χ1) is 10.2. The van der Waals surface area contributed by atoms with E-state index in [1.54, 1.807) is 24.3 Å². The molecule has 1 heterocycles. The molecule has 110 valence electrons. The van der Waals surface area contributed by atoms with Gasteiger partial charge in [-0.25, -0.2) is 4.90 Å². The van der Waals surface area contributed by atoms with E-state index in [0.717, 1.165) is 11.3 Å². The summed E-state index contributed by atoms with van der Waals surface area (Å²) in [5, 5.41) is 11.3. The van der Waals surface area contributed by atoms with Gasteiger partial charge in [0.2, 0.25) is 5.91 Å². The third-order valence-corrected chi connectivity index (χ3v) is 3.14. The van der Waals surface area contributed by atoms with E-state index in [9.17, 15) is 9.59 Å². The van der Waals surface area contributed by atoms with E-state index in [0.29, 0.717) is 18.0 Å². The van der Waals surface area contributed by atoms with Crippen molar-refractivity contribution in [2.24, 2.45) is 0 Å². The predicted octanol–water partition coefficient (Wildman–Crippen LogP) is 1.22. The van der Waals surface area contributed by atoms with Gasteiger partial charge in [0.15, 0.2) is 0 Å². The summed E-state index contributed by atoms with van der Waals surface area (Å²) in [7, 11) is 0. The van der Waals surface area contributed by atoms with Crippen LogP contribution in [0.25, 0.3) is 0 Å². The zero-order valence-electron chi connectivity index (χ0n) is 11.8. The highest BCUT2D eigenvalue weighted by molar-refractivity contribution is 6.22. The first kappa shape index (κ1) is 15.0. The molecule has 1 saturated heterocycles.